The SMILES string of the molecule is CCN(CC)c1ccc(N2CCN(S(=O)(=O)Cc3ccc(C(F)(F)F)cc3)CC2)nn1. The number of piperazine rings is 1. The van der Waals surface area contributed by atoms with E-state index in [4.69, 9.17) is 0 Å². The summed E-state index contributed by atoms with van der Waals surface area (Å²) in [6, 6.07) is 8.02. The van der Waals surface area contributed by atoms with Crippen molar-refractivity contribution in [2.75, 3.05) is 49.1 Å². The van der Waals surface area contributed by atoms with Gasteiger partial charge in [0.1, 0.15) is 0 Å². The molecule has 1 aliphatic rings. The number of alkyl halides is 3. The zero-order valence-corrected chi connectivity index (χ0v) is 18.3. The van der Waals surface area contributed by atoms with Gasteiger partial charge in [0.2, 0.25) is 10.0 Å². The van der Waals surface area contributed by atoms with Crippen LogP contribution < -0.4 is 9.80 Å². The molecule has 0 radical (unpaired) electrons. The summed E-state index contributed by atoms with van der Waals surface area (Å²) in [5.41, 5.74) is -0.469. The van der Waals surface area contributed by atoms with Gasteiger partial charge in [0.15, 0.2) is 11.6 Å². The van der Waals surface area contributed by atoms with E-state index in [2.05, 4.69) is 15.1 Å². The summed E-state index contributed by atoms with van der Waals surface area (Å²) >= 11 is 0. The molecule has 1 aromatic heterocycles. The molecule has 170 valence electrons. The quantitative estimate of drug-likeness (QED) is 0.637. The van der Waals surface area contributed by atoms with Crippen LogP contribution in [0.25, 0.3) is 0 Å². The summed E-state index contributed by atoms with van der Waals surface area (Å²) in [6.45, 7) is 7.24. The Labute approximate surface area is 180 Å². The first-order valence-electron chi connectivity index (χ1n) is 10.1. The molecule has 11 heteroatoms. The summed E-state index contributed by atoms with van der Waals surface area (Å²) in [6.07, 6.45) is -4.44. The molecule has 0 bridgehead atoms. The van der Waals surface area contributed by atoms with Gasteiger partial charge in [-0.25, -0.2) is 8.42 Å². The lowest BCUT2D eigenvalue weighted by molar-refractivity contribution is -0.137. The molecular formula is C20H26F3N5O2S. The van der Waals surface area contributed by atoms with E-state index in [0.717, 1.165) is 31.0 Å². The van der Waals surface area contributed by atoms with Crippen molar-refractivity contribution in [1.82, 2.24) is 14.5 Å². The molecular weight excluding hydrogens is 431 g/mol. The molecule has 2 heterocycles. The fourth-order valence-corrected chi connectivity index (χ4v) is 5.01. The fourth-order valence-electron chi connectivity index (χ4n) is 3.49. The van der Waals surface area contributed by atoms with Crippen LogP contribution in [-0.4, -0.2) is 62.2 Å². The van der Waals surface area contributed by atoms with Crippen LogP contribution >= 0.6 is 0 Å². The van der Waals surface area contributed by atoms with Gasteiger partial charge in [-0.15, -0.1) is 10.2 Å². The summed E-state index contributed by atoms with van der Waals surface area (Å²) in [4.78, 5) is 4.06. The highest BCUT2D eigenvalue weighted by Gasteiger charge is 2.31. The molecule has 3 rings (SSSR count). The van der Waals surface area contributed by atoms with Gasteiger partial charge in [-0.1, -0.05) is 12.1 Å². The Morgan fingerprint density at radius 3 is 2.03 bits per heavy atom. The molecule has 1 aromatic carbocycles. The molecule has 0 atom stereocenters. The van der Waals surface area contributed by atoms with Gasteiger partial charge in [0.25, 0.3) is 0 Å². The van der Waals surface area contributed by atoms with Crippen molar-refractivity contribution in [3.05, 3.63) is 47.5 Å². The summed E-state index contributed by atoms with van der Waals surface area (Å²) in [5.74, 6) is 1.16. The van der Waals surface area contributed by atoms with Crippen molar-refractivity contribution in [1.29, 1.82) is 0 Å². The maximum atomic E-state index is 12.7. The van der Waals surface area contributed by atoms with E-state index in [1.807, 2.05) is 30.9 Å². The van der Waals surface area contributed by atoms with Gasteiger partial charge >= 0.3 is 6.18 Å². The van der Waals surface area contributed by atoms with Crippen molar-refractivity contribution in [3.63, 3.8) is 0 Å². The molecule has 0 amide bonds. The van der Waals surface area contributed by atoms with Gasteiger partial charge in [-0.3, -0.25) is 0 Å². The molecule has 0 spiro atoms. The highest BCUT2D eigenvalue weighted by molar-refractivity contribution is 7.88. The largest absolute Gasteiger partial charge is 0.416 e. The number of hydrogen-bond acceptors (Lipinski definition) is 6. The smallest absolute Gasteiger partial charge is 0.356 e. The van der Waals surface area contributed by atoms with Crippen LogP contribution in [0.5, 0.6) is 0 Å². The molecule has 0 saturated carbocycles. The third kappa shape index (κ3) is 5.65. The standard InChI is InChI=1S/C20H26F3N5O2S/c1-3-26(4-2)18-9-10-19(25-24-18)27-11-13-28(14-12-27)31(29,30)15-16-5-7-17(8-6-16)20(21,22)23/h5-10H,3-4,11-15H2,1-2H3. The number of nitrogens with zero attached hydrogens (tertiary/aromatic N) is 5. The van der Waals surface area contributed by atoms with Crippen LogP contribution in [0.15, 0.2) is 36.4 Å². The van der Waals surface area contributed by atoms with Crippen molar-refractivity contribution in [3.8, 4) is 0 Å². The third-order valence-corrected chi connectivity index (χ3v) is 7.16. The summed E-state index contributed by atoms with van der Waals surface area (Å²) in [7, 11) is -3.63. The van der Waals surface area contributed by atoms with E-state index in [1.54, 1.807) is 0 Å². The van der Waals surface area contributed by atoms with Crippen LogP contribution in [0.4, 0.5) is 24.8 Å². The number of halogens is 3. The van der Waals surface area contributed by atoms with Crippen LogP contribution in [-0.2, 0) is 22.0 Å². The minimum Gasteiger partial charge on any atom is -0.356 e. The average Bonchev–Trinajstić information content (AvgIpc) is 2.75. The van der Waals surface area contributed by atoms with Gasteiger partial charge in [-0.05, 0) is 43.7 Å². The predicted octanol–water partition coefficient (Wildman–Crippen LogP) is 2.99. The topological polar surface area (TPSA) is 69.6 Å². The fraction of sp³-hybridized carbons (Fsp3) is 0.500. The van der Waals surface area contributed by atoms with Crippen molar-refractivity contribution < 1.29 is 21.6 Å². The number of rotatable bonds is 7. The molecule has 1 fully saturated rings. The van der Waals surface area contributed by atoms with E-state index in [1.165, 1.54) is 16.4 Å². The van der Waals surface area contributed by atoms with E-state index < -0.39 is 21.8 Å². The van der Waals surface area contributed by atoms with Crippen LogP contribution in [0.1, 0.15) is 25.0 Å². The Hall–Kier alpha value is -2.40. The lowest BCUT2D eigenvalue weighted by Gasteiger charge is -2.34. The summed E-state index contributed by atoms with van der Waals surface area (Å²) in [5, 5.41) is 8.54. The van der Waals surface area contributed by atoms with E-state index >= 15 is 0 Å². The zero-order chi connectivity index (χ0) is 22.6. The van der Waals surface area contributed by atoms with Crippen molar-refractivity contribution in [2.45, 2.75) is 25.8 Å². The van der Waals surface area contributed by atoms with Crippen molar-refractivity contribution in [2.24, 2.45) is 0 Å². The second kappa shape index (κ2) is 9.39. The second-order valence-corrected chi connectivity index (χ2v) is 9.23. The molecule has 7 nitrogen and oxygen atoms in total. The normalized spacial score (nSPS) is 15.8. The molecule has 0 N–H and O–H groups in total. The number of hydrogen-bond donors (Lipinski definition) is 0. The Balaban J connectivity index is 1.59. The van der Waals surface area contributed by atoms with Gasteiger partial charge in [0, 0.05) is 39.3 Å². The maximum Gasteiger partial charge on any atom is 0.416 e. The van der Waals surface area contributed by atoms with E-state index in [0.29, 0.717) is 24.5 Å². The minimum absolute atomic E-state index is 0.280. The minimum atomic E-state index is -4.44. The maximum absolute atomic E-state index is 12.7. The number of aromatic nitrogens is 2. The number of benzene rings is 1. The monoisotopic (exact) mass is 457 g/mol. The van der Waals surface area contributed by atoms with Gasteiger partial charge < -0.3 is 9.80 Å². The summed E-state index contributed by atoms with van der Waals surface area (Å²) < 4.78 is 64.8. The Bertz CT molecular complexity index is 954. The average molecular weight is 458 g/mol. The van der Waals surface area contributed by atoms with Crippen LogP contribution in [0.3, 0.4) is 0 Å². The van der Waals surface area contributed by atoms with Gasteiger partial charge in [-0.2, -0.15) is 17.5 Å². The van der Waals surface area contributed by atoms with Crippen LogP contribution in [0.2, 0.25) is 0 Å². The number of anilines is 2. The molecule has 31 heavy (non-hydrogen) atoms. The first-order chi connectivity index (χ1) is 14.6. The zero-order valence-electron chi connectivity index (χ0n) is 17.5. The molecule has 1 saturated heterocycles. The Morgan fingerprint density at radius 2 is 1.55 bits per heavy atom. The molecule has 1 aliphatic heterocycles. The predicted molar refractivity (Wildman–Crippen MR) is 113 cm³/mol. The number of sulfonamides is 1. The van der Waals surface area contributed by atoms with E-state index in [9.17, 15) is 21.6 Å². The van der Waals surface area contributed by atoms with E-state index in [-0.39, 0.29) is 18.8 Å². The molecule has 2 aromatic rings. The molecule has 0 unspecified atom stereocenters. The van der Waals surface area contributed by atoms with Crippen molar-refractivity contribution >= 4 is 21.7 Å². The first kappa shape index (κ1) is 23.3. The lowest BCUT2D eigenvalue weighted by atomic mass is 10.1. The third-order valence-electron chi connectivity index (χ3n) is 5.31. The van der Waals surface area contributed by atoms with Crippen LogP contribution in [0, 0.1) is 0 Å². The highest BCUT2D eigenvalue weighted by atomic mass is 32.2. The van der Waals surface area contributed by atoms with Gasteiger partial charge in [0.05, 0.1) is 11.3 Å². The lowest BCUT2D eigenvalue weighted by Crippen LogP contribution is -2.49. The Kier molecular flexibility index (Phi) is 7.05. The first-order valence-corrected chi connectivity index (χ1v) is 11.7. The highest BCUT2D eigenvalue weighted by Crippen LogP contribution is 2.29. The second-order valence-electron chi connectivity index (χ2n) is 7.26. The molecule has 0 aliphatic carbocycles. The Morgan fingerprint density at radius 1 is 0.935 bits per heavy atom.